The molecular formula is C15H20N4OS. The third-order valence-electron chi connectivity index (χ3n) is 3.67. The number of hydrogen-bond donors (Lipinski definition) is 1. The number of aryl methyl sites for hydroxylation is 1. The molecule has 0 aliphatic carbocycles. The SMILES string of the molecule is Cc1ccc(NCc2nc(C3CSCCN3C)no2)cc1. The second-order valence-corrected chi connectivity index (χ2v) is 6.49. The molecule has 2 heterocycles. The summed E-state index contributed by atoms with van der Waals surface area (Å²) in [6.45, 7) is 3.70. The Morgan fingerprint density at radius 1 is 1.38 bits per heavy atom. The highest BCUT2D eigenvalue weighted by molar-refractivity contribution is 7.99. The fourth-order valence-electron chi connectivity index (χ4n) is 2.28. The minimum absolute atomic E-state index is 0.264. The van der Waals surface area contributed by atoms with Crippen LogP contribution in [0.25, 0.3) is 0 Å². The third-order valence-corrected chi connectivity index (χ3v) is 4.70. The van der Waals surface area contributed by atoms with Crippen LogP contribution in [0.15, 0.2) is 28.8 Å². The fourth-order valence-corrected chi connectivity index (χ4v) is 3.49. The Morgan fingerprint density at radius 3 is 2.95 bits per heavy atom. The van der Waals surface area contributed by atoms with Crippen LogP contribution in [0, 0.1) is 6.92 Å². The van der Waals surface area contributed by atoms with Crippen LogP contribution in [0.3, 0.4) is 0 Å². The van der Waals surface area contributed by atoms with Gasteiger partial charge in [-0.05, 0) is 26.1 Å². The zero-order valence-electron chi connectivity index (χ0n) is 12.4. The maximum absolute atomic E-state index is 5.35. The van der Waals surface area contributed by atoms with E-state index in [4.69, 9.17) is 4.52 Å². The largest absolute Gasteiger partial charge is 0.376 e. The van der Waals surface area contributed by atoms with Gasteiger partial charge in [0.15, 0.2) is 5.82 Å². The van der Waals surface area contributed by atoms with Gasteiger partial charge in [0.25, 0.3) is 0 Å². The molecule has 0 spiro atoms. The highest BCUT2D eigenvalue weighted by Crippen LogP contribution is 2.26. The van der Waals surface area contributed by atoms with E-state index in [0.717, 1.165) is 23.8 Å². The van der Waals surface area contributed by atoms with E-state index < -0.39 is 0 Å². The van der Waals surface area contributed by atoms with E-state index in [0.29, 0.717) is 12.4 Å². The highest BCUT2D eigenvalue weighted by atomic mass is 32.2. The Labute approximate surface area is 129 Å². The van der Waals surface area contributed by atoms with E-state index in [1.165, 1.54) is 11.3 Å². The van der Waals surface area contributed by atoms with Gasteiger partial charge in [-0.15, -0.1) is 0 Å². The van der Waals surface area contributed by atoms with Gasteiger partial charge in [0.05, 0.1) is 12.6 Å². The summed E-state index contributed by atoms with van der Waals surface area (Å²) in [5.41, 5.74) is 2.31. The van der Waals surface area contributed by atoms with Crippen molar-refractivity contribution in [2.75, 3.05) is 30.4 Å². The number of nitrogens with one attached hydrogen (secondary N) is 1. The predicted octanol–water partition coefficient (Wildman–Crippen LogP) is 2.71. The van der Waals surface area contributed by atoms with Gasteiger partial charge < -0.3 is 9.84 Å². The standard InChI is InChI=1S/C15H20N4OS/c1-11-3-5-12(6-4-11)16-9-14-17-15(18-20-14)13-10-21-8-7-19(13)2/h3-6,13,16H,7-10H2,1-2H3. The normalized spacial score (nSPS) is 19.6. The molecule has 0 amide bonds. The first-order chi connectivity index (χ1) is 10.2. The van der Waals surface area contributed by atoms with Crippen molar-refractivity contribution in [2.24, 2.45) is 0 Å². The minimum Gasteiger partial charge on any atom is -0.376 e. The van der Waals surface area contributed by atoms with Crippen LogP contribution in [0.5, 0.6) is 0 Å². The lowest BCUT2D eigenvalue weighted by Crippen LogP contribution is -2.33. The van der Waals surface area contributed by atoms with Crippen molar-refractivity contribution in [1.29, 1.82) is 0 Å². The van der Waals surface area contributed by atoms with E-state index in [2.05, 4.69) is 58.6 Å². The first kappa shape index (κ1) is 14.4. The minimum atomic E-state index is 0.264. The van der Waals surface area contributed by atoms with Gasteiger partial charge >= 0.3 is 0 Å². The van der Waals surface area contributed by atoms with E-state index in [-0.39, 0.29) is 6.04 Å². The first-order valence-corrected chi connectivity index (χ1v) is 8.29. The summed E-state index contributed by atoms with van der Waals surface area (Å²) in [6.07, 6.45) is 0. The highest BCUT2D eigenvalue weighted by Gasteiger charge is 2.25. The molecule has 1 aromatic heterocycles. The Balaban J connectivity index is 1.61. The van der Waals surface area contributed by atoms with E-state index in [1.807, 2.05) is 11.8 Å². The van der Waals surface area contributed by atoms with E-state index in [9.17, 15) is 0 Å². The lowest BCUT2D eigenvalue weighted by Gasteiger charge is -2.29. The Morgan fingerprint density at radius 2 is 2.19 bits per heavy atom. The molecular weight excluding hydrogens is 284 g/mol. The van der Waals surface area contributed by atoms with Crippen molar-refractivity contribution < 1.29 is 4.52 Å². The molecule has 1 fully saturated rings. The fraction of sp³-hybridized carbons (Fsp3) is 0.467. The van der Waals surface area contributed by atoms with Gasteiger partial charge in [-0.3, -0.25) is 4.90 Å². The molecule has 2 aromatic rings. The molecule has 3 rings (SSSR count). The van der Waals surface area contributed by atoms with Crippen molar-refractivity contribution in [3.05, 3.63) is 41.5 Å². The predicted molar refractivity (Wildman–Crippen MR) is 85.5 cm³/mol. The second kappa shape index (κ2) is 6.49. The maximum atomic E-state index is 5.35. The molecule has 0 saturated carbocycles. The van der Waals surface area contributed by atoms with Crippen molar-refractivity contribution in [3.8, 4) is 0 Å². The van der Waals surface area contributed by atoms with Crippen molar-refractivity contribution >= 4 is 17.4 Å². The molecule has 1 aromatic carbocycles. The van der Waals surface area contributed by atoms with Crippen molar-refractivity contribution in [1.82, 2.24) is 15.0 Å². The maximum Gasteiger partial charge on any atom is 0.245 e. The quantitative estimate of drug-likeness (QED) is 0.937. The molecule has 1 saturated heterocycles. The van der Waals surface area contributed by atoms with Crippen molar-refractivity contribution in [2.45, 2.75) is 19.5 Å². The third kappa shape index (κ3) is 3.57. The van der Waals surface area contributed by atoms with E-state index in [1.54, 1.807) is 0 Å². The molecule has 1 N–H and O–H groups in total. The number of rotatable bonds is 4. The Bertz CT molecular complexity index is 584. The molecule has 5 nitrogen and oxygen atoms in total. The second-order valence-electron chi connectivity index (χ2n) is 5.34. The number of anilines is 1. The van der Waals surface area contributed by atoms with Gasteiger partial charge in [-0.2, -0.15) is 16.7 Å². The van der Waals surface area contributed by atoms with Gasteiger partial charge in [0, 0.05) is 23.7 Å². The number of thioether (sulfide) groups is 1. The first-order valence-electron chi connectivity index (χ1n) is 7.13. The smallest absolute Gasteiger partial charge is 0.245 e. The van der Waals surface area contributed by atoms with Crippen LogP contribution < -0.4 is 5.32 Å². The van der Waals surface area contributed by atoms with Crippen LogP contribution in [-0.4, -0.2) is 40.1 Å². The zero-order chi connectivity index (χ0) is 14.7. The van der Waals surface area contributed by atoms with Crippen molar-refractivity contribution in [3.63, 3.8) is 0 Å². The number of aromatic nitrogens is 2. The van der Waals surface area contributed by atoms with Crippen LogP contribution in [-0.2, 0) is 6.54 Å². The Kier molecular flexibility index (Phi) is 4.45. The molecule has 112 valence electrons. The van der Waals surface area contributed by atoms with Crippen LogP contribution in [0.4, 0.5) is 5.69 Å². The summed E-state index contributed by atoms with van der Waals surface area (Å²) in [7, 11) is 2.12. The number of hydrogen-bond acceptors (Lipinski definition) is 6. The molecule has 0 bridgehead atoms. The topological polar surface area (TPSA) is 54.2 Å². The molecule has 6 heteroatoms. The van der Waals surface area contributed by atoms with Gasteiger partial charge in [-0.1, -0.05) is 22.9 Å². The molecule has 1 aliphatic heterocycles. The summed E-state index contributed by atoms with van der Waals surface area (Å²) >= 11 is 1.94. The summed E-state index contributed by atoms with van der Waals surface area (Å²) in [5, 5.41) is 7.44. The van der Waals surface area contributed by atoms with Crippen LogP contribution in [0.2, 0.25) is 0 Å². The lowest BCUT2D eigenvalue weighted by molar-refractivity contribution is 0.256. The van der Waals surface area contributed by atoms with E-state index >= 15 is 0 Å². The molecule has 1 unspecified atom stereocenters. The zero-order valence-corrected chi connectivity index (χ0v) is 13.2. The number of benzene rings is 1. The average molecular weight is 304 g/mol. The average Bonchev–Trinajstić information content (AvgIpc) is 2.96. The monoisotopic (exact) mass is 304 g/mol. The van der Waals surface area contributed by atoms with Gasteiger partial charge in [0.2, 0.25) is 5.89 Å². The lowest BCUT2D eigenvalue weighted by atomic mass is 10.2. The molecule has 0 radical (unpaired) electrons. The number of nitrogens with zero attached hydrogens (tertiary/aromatic N) is 3. The Hall–Kier alpha value is -1.53. The summed E-state index contributed by atoms with van der Waals surface area (Å²) in [6, 6.07) is 8.53. The summed E-state index contributed by atoms with van der Waals surface area (Å²) in [5.74, 6) is 3.63. The van der Waals surface area contributed by atoms with Crippen LogP contribution >= 0.6 is 11.8 Å². The summed E-state index contributed by atoms with van der Waals surface area (Å²) < 4.78 is 5.35. The molecule has 1 aliphatic rings. The van der Waals surface area contributed by atoms with Gasteiger partial charge in [-0.25, -0.2) is 0 Å². The summed E-state index contributed by atoms with van der Waals surface area (Å²) in [4.78, 5) is 6.81. The molecule has 21 heavy (non-hydrogen) atoms. The van der Waals surface area contributed by atoms with Crippen LogP contribution in [0.1, 0.15) is 23.3 Å². The van der Waals surface area contributed by atoms with Gasteiger partial charge in [0.1, 0.15) is 0 Å². The molecule has 1 atom stereocenters.